The normalized spacial score (nSPS) is 36.1. The molecule has 39 heavy (non-hydrogen) atoms. The number of piperidine rings is 1. The van der Waals surface area contributed by atoms with Crippen molar-refractivity contribution in [3.8, 4) is 0 Å². The predicted octanol–water partition coefficient (Wildman–Crippen LogP) is 6.82. The van der Waals surface area contributed by atoms with E-state index >= 15 is 0 Å². The van der Waals surface area contributed by atoms with E-state index in [9.17, 15) is 9.59 Å². The van der Waals surface area contributed by atoms with E-state index in [0.29, 0.717) is 50.3 Å². The number of allylic oxidation sites excluding steroid dienone is 3. The summed E-state index contributed by atoms with van der Waals surface area (Å²) in [4.78, 5) is 31.2. The third kappa shape index (κ3) is 4.62. The number of fused-ring (bicyclic) bond motifs is 5. The van der Waals surface area contributed by atoms with Crippen molar-refractivity contribution in [2.75, 3.05) is 19.7 Å². The minimum atomic E-state index is -0.275. The fourth-order valence-corrected chi connectivity index (χ4v) is 9.04. The largest absolute Gasteiger partial charge is 0.462 e. The summed E-state index contributed by atoms with van der Waals surface area (Å²) in [5, 5.41) is 0. The Morgan fingerprint density at radius 2 is 1.82 bits per heavy atom. The Morgan fingerprint density at radius 3 is 2.56 bits per heavy atom. The monoisotopic (exact) mass is 532 g/mol. The maximum atomic E-state index is 13.1. The molecule has 6 nitrogen and oxygen atoms in total. The van der Waals surface area contributed by atoms with Gasteiger partial charge in [0.05, 0.1) is 12.5 Å². The van der Waals surface area contributed by atoms with Crippen LogP contribution < -0.4 is 0 Å². The highest BCUT2D eigenvalue weighted by atomic mass is 16.6. The van der Waals surface area contributed by atoms with Gasteiger partial charge in [-0.15, -0.1) is 0 Å². The molecular formula is C33H44N2O4. The van der Waals surface area contributed by atoms with Gasteiger partial charge in [-0.2, -0.15) is 0 Å². The highest BCUT2D eigenvalue weighted by molar-refractivity contribution is 5.74. The number of carbonyl (C=O) groups is 2. The summed E-state index contributed by atoms with van der Waals surface area (Å²) >= 11 is 0. The number of nitrogens with zero attached hydrogens (tertiary/aromatic N) is 2. The summed E-state index contributed by atoms with van der Waals surface area (Å²) < 4.78 is 11.2. The molecule has 2 heterocycles. The van der Waals surface area contributed by atoms with Crippen molar-refractivity contribution in [3.63, 3.8) is 0 Å². The van der Waals surface area contributed by atoms with Crippen LogP contribution in [0.25, 0.3) is 5.57 Å². The second kappa shape index (κ2) is 10.4. The molecule has 1 amide bonds. The standard InChI is InChI=1S/C33H44N2O4/c1-4-38-31(37)35-18-13-22(14-19-35)30(36)39-25-11-15-32(2)24(20-25)7-8-26-28-10-9-27(23-6-5-17-34-21-23)33(28,3)16-12-29(26)32/h5-7,9,17,21-22,25-26,28-29H,4,8,10-16,18-20H2,1-3H3/t25-,26-,28-,29-,32-,33+/m0/s1. The Labute approximate surface area is 233 Å². The van der Waals surface area contributed by atoms with Crippen LogP contribution in [0.1, 0.15) is 84.1 Å². The molecule has 3 fully saturated rings. The van der Waals surface area contributed by atoms with Gasteiger partial charge in [-0.05, 0) is 104 Å². The van der Waals surface area contributed by atoms with E-state index in [1.54, 1.807) is 4.90 Å². The van der Waals surface area contributed by atoms with E-state index in [0.717, 1.165) is 25.7 Å². The van der Waals surface area contributed by atoms with Crippen molar-refractivity contribution >= 4 is 17.6 Å². The predicted molar refractivity (Wildman–Crippen MR) is 150 cm³/mol. The molecular weight excluding hydrogens is 488 g/mol. The third-order valence-corrected chi connectivity index (χ3v) is 11.2. The number of aromatic nitrogens is 1. The van der Waals surface area contributed by atoms with E-state index in [-0.39, 0.29) is 34.9 Å². The molecule has 1 aromatic rings. The number of esters is 1. The lowest BCUT2D eigenvalue weighted by atomic mass is 9.47. The molecule has 2 saturated carbocycles. The summed E-state index contributed by atoms with van der Waals surface area (Å²) in [5.41, 5.74) is 4.80. The van der Waals surface area contributed by atoms with Gasteiger partial charge in [-0.1, -0.05) is 37.6 Å². The number of hydrogen-bond acceptors (Lipinski definition) is 5. The zero-order valence-electron chi connectivity index (χ0n) is 23.9. The number of pyridine rings is 1. The highest BCUT2D eigenvalue weighted by Crippen LogP contribution is 2.66. The quantitative estimate of drug-likeness (QED) is 0.314. The Kier molecular flexibility index (Phi) is 7.09. The average Bonchev–Trinajstić information content (AvgIpc) is 3.31. The molecule has 4 aliphatic carbocycles. The van der Waals surface area contributed by atoms with Crippen LogP contribution >= 0.6 is 0 Å². The summed E-state index contributed by atoms with van der Waals surface area (Å²) in [7, 11) is 0. The maximum Gasteiger partial charge on any atom is 0.409 e. The van der Waals surface area contributed by atoms with Crippen LogP contribution in [-0.2, 0) is 14.3 Å². The fraction of sp³-hybridized carbons (Fsp3) is 0.667. The first-order valence-corrected chi connectivity index (χ1v) is 15.3. The molecule has 6 heteroatoms. The van der Waals surface area contributed by atoms with Gasteiger partial charge in [0.15, 0.2) is 0 Å². The van der Waals surface area contributed by atoms with Crippen molar-refractivity contribution in [1.82, 2.24) is 9.88 Å². The first-order valence-electron chi connectivity index (χ1n) is 15.3. The molecule has 210 valence electrons. The fourth-order valence-electron chi connectivity index (χ4n) is 9.04. The van der Waals surface area contributed by atoms with Gasteiger partial charge in [-0.25, -0.2) is 4.79 Å². The number of hydrogen-bond donors (Lipinski definition) is 0. The van der Waals surface area contributed by atoms with Gasteiger partial charge in [0, 0.05) is 31.9 Å². The number of rotatable bonds is 4. The van der Waals surface area contributed by atoms with Gasteiger partial charge in [0.25, 0.3) is 0 Å². The van der Waals surface area contributed by atoms with E-state index < -0.39 is 0 Å². The van der Waals surface area contributed by atoms with Gasteiger partial charge < -0.3 is 14.4 Å². The number of ether oxygens (including phenoxy) is 2. The lowest BCUT2D eigenvalue weighted by Crippen LogP contribution is -2.50. The third-order valence-electron chi connectivity index (χ3n) is 11.2. The van der Waals surface area contributed by atoms with Gasteiger partial charge in [0.1, 0.15) is 6.10 Å². The minimum Gasteiger partial charge on any atom is -0.462 e. The van der Waals surface area contributed by atoms with Crippen LogP contribution in [-0.4, -0.2) is 47.7 Å². The Hall–Kier alpha value is -2.63. The molecule has 1 saturated heterocycles. The van der Waals surface area contributed by atoms with E-state index in [1.165, 1.54) is 36.0 Å². The van der Waals surface area contributed by atoms with E-state index in [1.807, 2.05) is 19.3 Å². The first-order chi connectivity index (χ1) is 18.8. The summed E-state index contributed by atoms with van der Waals surface area (Å²) in [6.45, 7) is 8.33. The summed E-state index contributed by atoms with van der Waals surface area (Å²) in [6.07, 6.45) is 17.7. The van der Waals surface area contributed by atoms with Crippen LogP contribution in [0.2, 0.25) is 0 Å². The van der Waals surface area contributed by atoms with Crippen molar-refractivity contribution in [2.45, 2.75) is 84.7 Å². The molecule has 1 aliphatic heterocycles. The average molecular weight is 533 g/mol. The smallest absolute Gasteiger partial charge is 0.409 e. The number of likely N-dealkylation sites (tertiary alicyclic amines) is 1. The Morgan fingerprint density at radius 1 is 1.03 bits per heavy atom. The second-order valence-electron chi connectivity index (χ2n) is 13.1. The van der Waals surface area contributed by atoms with Crippen LogP contribution in [0.5, 0.6) is 0 Å². The van der Waals surface area contributed by atoms with E-state index in [2.05, 4.69) is 43.1 Å². The van der Waals surface area contributed by atoms with Gasteiger partial charge >= 0.3 is 12.1 Å². The molecule has 6 rings (SSSR count). The Balaban J connectivity index is 1.09. The topological polar surface area (TPSA) is 68.7 Å². The minimum absolute atomic E-state index is 0.0179. The van der Waals surface area contributed by atoms with Gasteiger partial charge in [-0.3, -0.25) is 9.78 Å². The molecule has 0 bridgehead atoms. The first kappa shape index (κ1) is 26.6. The second-order valence-corrected chi connectivity index (χ2v) is 13.1. The SMILES string of the molecule is CCOC(=O)N1CCC(C(=O)O[C@H]2CC[C@@]3(C)C(=CC[C@@H]4[C@@H]3CC[C@]3(C)C(c5cccnc5)=CC[C@@H]43)C2)CC1. The molecule has 0 spiro atoms. The molecule has 0 N–H and O–H groups in total. The van der Waals surface area contributed by atoms with Crippen LogP contribution in [0, 0.1) is 34.5 Å². The number of amides is 1. The highest BCUT2D eigenvalue weighted by Gasteiger charge is 2.57. The van der Waals surface area contributed by atoms with Crippen LogP contribution in [0.15, 0.2) is 42.3 Å². The van der Waals surface area contributed by atoms with Crippen LogP contribution in [0.4, 0.5) is 4.79 Å². The molecule has 5 aliphatic rings. The lowest BCUT2D eigenvalue weighted by Gasteiger charge is -2.58. The van der Waals surface area contributed by atoms with Crippen molar-refractivity contribution in [2.24, 2.45) is 34.5 Å². The molecule has 0 unspecified atom stereocenters. The molecule has 6 atom stereocenters. The molecule has 0 aromatic carbocycles. The lowest BCUT2D eigenvalue weighted by molar-refractivity contribution is -0.158. The number of carbonyl (C=O) groups excluding carboxylic acids is 2. The maximum absolute atomic E-state index is 13.1. The molecule has 0 radical (unpaired) electrons. The zero-order chi connectivity index (χ0) is 27.2. The zero-order valence-corrected chi connectivity index (χ0v) is 23.9. The molecule has 1 aromatic heterocycles. The van der Waals surface area contributed by atoms with Crippen molar-refractivity contribution in [1.29, 1.82) is 0 Å². The van der Waals surface area contributed by atoms with Crippen molar-refractivity contribution in [3.05, 3.63) is 47.8 Å². The van der Waals surface area contributed by atoms with E-state index in [4.69, 9.17) is 9.47 Å². The van der Waals surface area contributed by atoms with Crippen molar-refractivity contribution < 1.29 is 19.1 Å². The summed E-state index contributed by atoms with van der Waals surface area (Å²) in [6, 6.07) is 4.29. The van der Waals surface area contributed by atoms with Crippen LogP contribution in [0.3, 0.4) is 0 Å². The Bertz CT molecular complexity index is 1150. The van der Waals surface area contributed by atoms with Gasteiger partial charge in [0.2, 0.25) is 0 Å². The summed E-state index contributed by atoms with van der Waals surface area (Å²) in [5.74, 6) is 1.92.